The van der Waals surface area contributed by atoms with Crippen LogP contribution < -0.4 is 15.6 Å². The second-order valence-electron chi connectivity index (χ2n) is 7.72. The first kappa shape index (κ1) is 19.3. The molecule has 4 heteroatoms. The highest BCUT2D eigenvalue weighted by Gasteiger charge is 2.37. The second-order valence-corrected chi connectivity index (χ2v) is 7.72. The predicted molar refractivity (Wildman–Crippen MR) is 111 cm³/mol. The number of hydrogen-bond acceptors (Lipinski definition) is 3. The van der Waals surface area contributed by atoms with Crippen LogP contribution in [0, 0.1) is 5.41 Å². The third-order valence-corrected chi connectivity index (χ3v) is 5.27. The number of hydrazine groups is 1. The van der Waals surface area contributed by atoms with Crippen LogP contribution in [-0.2, 0) is 4.79 Å². The van der Waals surface area contributed by atoms with Crippen molar-refractivity contribution in [3.63, 3.8) is 0 Å². The monoisotopic (exact) mass is 366 g/mol. The number of ether oxygens (including phenoxy) is 1. The smallest absolute Gasteiger partial charge is 0.249 e. The molecule has 0 radical (unpaired) electrons. The van der Waals surface area contributed by atoms with E-state index in [2.05, 4.69) is 42.1 Å². The lowest BCUT2D eigenvalue weighted by atomic mass is 9.88. The summed E-state index contributed by atoms with van der Waals surface area (Å²) in [6.07, 6.45) is 8.20. The van der Waals surface area contributed by atoms with Gasteiger partial charge in [-0.15, -0.1) is 0 Å². The Bertz CT molecular complexity index is 839. The third-order valence-electron chi connectivity index (χ3n) is 5.27. The van der Waals surface area contributed by atoms with Crippen LogP contribution in [0.1, 0.15) is 58.4 Å². The maximum atomic E-state index is 12.0. The van der Waals surface area contributed by atoms with Gasteiger partial charge in [-0.2, -0.15) is 0 Å². The van der Waals surface area contributed by atoms with Crippen molar-refractivity contribution in [2.45, 2.75) is 52.9 Å². The summed E-state index contributed by atoms with van der Waals surface area (Å²) in [7, 11) is 0. The number of carbonyl (C=O) groups is 1. The van der Waals surface area contributed by atoms with E-state index in [1.807, 2.05) is 32.0 Å². The Kier molecular flexibility index (Phi) is 6.04. The van der Waals surface area contributed by atoms with E-state index in [-0.39, 0.29) is 5.91 Å². The Morgan fingerprint density at radius 3 is 2.41 bits per heavy atom. The van der Waals surface area contributed by atoms with Crippen LogP contribution in [0.4, 0.5) is 0 Å². The molecule has 0 unspecified atom stereocenters. The Labute approximate surface area is 162 Å². The van der Waals surface area contributed by atoms with Gasteiger partial charge in [-0.3, -0.25) is 10.2 Å². The second kappa shape index (κ2) is 8.47. The Morgan fingerprint density at radius 2 is 1.70 bits per heavy atom. The highest BCUT2D eigenvalue weighted by atomic mass is 16.5. The van der Waals surface area contributed by atoms with E-state index in [0.717, 1.165) is 40.8 Å². The summed E-state index contributed by atoms with van der Waals surface area (Å²) in [6.45, 7) is 6.83. The largest absolute Gasteiger partial charge is 0.493 e. The molecule has 2 aromatic carbocycles. The van der Waals surface area contributed by atoms with Crippen molar-refractivity contribution in [1.82, 2.24) is 10.9 Å². The van der Waals surface area contributed by atoms with Gasteiger partial charge < -0.3 is 10.2 Å². The van der Waals surface area contributed by atoms with E-state index in [1.165, 1.54) is 25.7 Å². The molecule has 1 aliphatic rings. The molecule has 2 aromatic rings. The summed E-state index contributed by atoms with van der Waals surface area (Å²) in [5.74, 6) is 0.914. The number of benzene rings is 2. The topological polar surface area (TPSA) is 50.4 Å². The van der Waals surface area contributed by atoms with Gasteiger partial charge >= 0.3 is 0 Å². The molecule has 144 valence electrons. The molecule has 0 spiro atoms. The third kappa shape index (κ3) is 4.26. The lowest BCUT2D eigenvalue weighted by Crippen LogP contribution is -2.28. The lowest BCUT2D eigenvalue weighted by Gasteiger charge is -2.16. The van der Waals surface area contributed by atoms with Gasteiger partial charge in [0.15, 0.2) is 0 Å². The highest BCUT2D eigenvalue weighted by Crippen LogP contribution is 2.34. The first-order valence-electron chi connectivity index (χ1n) is 9.97. The summed E-state index contributed by atoms with van der Waals surface area (Å²) >= 11 is 0. The Hall–Kier alpha value is -2.49. The molecular formula is C23H30N2O2. The van der Waals surface area contributed by atoms with Gasteiger partial charge in [0.05, 0.1) is 12.0 Å². The van der Waals surface area contributed by atoms with E-state index in [4.69, 9.17) is 4.74 Å². The van der Waals surface area contributed by atoms with Crippen molar-refractivity contribution in [2.24, 2.45) is 5.41 Å². The van der Waals surface area contributed by atoms with E-state index >= 15 is 0 Å². The van der Waals surface area contributed by atoms with Crippen molar-refractivity contribution < 1.29 is 9.53 Å². The number of carbonyl (C=O) groups excluding carboxylic acids is 1. The minimum absolute atomic E-state index is 0.0129. The molecule has 0 bridgehead atoms. The zero-order valence-corrected chi connectivity index (χ0v) is 16.6. The quantitative estimate of drug-likeness (QED) is 0.632. The van der Waals surface area contributed by atoms with Crippen molar-refractivity contribution in [3.8, 4) is 5.75 Å². The number of nitrogens with one attached hydrogen (secondary N) is 2. The molecule has 3 rings (SSSR count). The molecule has 0 aliphatic carbocycles. The predicted octanol–water partition coefficient (Wildman–Crippen LogP) is 5.19. The van der Waals surface area contributed by atoms with Crippen molar-refractivity contribution in [2.75, 3.05) is 6.61 Å². The van der Waals surface area contributed by atoms with Crippen molar-refractivity contribution >= 4 is 22.8 Å². The number of fused-ring (bicyclic) bond motifs is 1. The van der Waals surface area contributed by atoms with Crippen molar-refractivity contribution in [3.05, 3.63) is 47.7 Å². The number of amides is 1. The lowest BCUT2D eigenvalue weighted by molar-refractivity contribution is -0.125. The number of rotatable bonds is 8. The molecule has 0 aromatic heterocycles. The van der Waals surface area contributed by atoms with Gasteiger partial charge in [-0.05, 0) is 43.4 Å². The molecule has 0 atom stereocenters. The summed E-state index contributed by atoms with van der Waals surface area (Å²) in [5.41, 5.74) is 7.11. The molecule has 1 saturated heterocycles. The molecule has 2 N–H and O–H groups in total. The Balaban J connectivity index is 1.80. The minimum atomic E-state index is -0.561. The fraction of sp³-hybridized carbons (Fsp3) is 0.435. The van der Waals surface area contributed by atoms with Gasteiger partial charge in [0.25, 0.3) is 0 Å². The first-order valence-corrected chi connectivity index (χ1v) is 9.97. The maximum Gasteiger partial charge on any atom is 0.249 e. The van der Waals surface area contributed by atoms with Gasteiger partial charge in [0, 0.05) is 11.1 Å². The standard InChI is InChI=1S/C23H30N2O2/c1-4-5-6-7-10-15-27-20-14-13-17(18-11-8-9-12-19(18)20)16-21-23(2,3)22(26)25-24-21/h8-9,11-14,16,24H,4-7,10,15H2,1-3H3,(H,25,26)/b21-16-. The van der Waals surface area contributed by atoms with E-state index in [1.54, 1.807) is 0 Å². The average Bonchev–Trinajstić information content (AvgIpc) is 2.92. The van der Waals surface area contributed by atoms with Crippen molar-refractivity contribution in [1.29, 1.82) is 0 Å². The Morgan fingerprint density at radius 1 is 0.963 bits per heavy atom. The summed E-state index contributed by atoms with van der Waals surface area (Å²) < 4.78 is 6.08. The minimum Gasteiger partial charge on any atom is -0.493 e. The maximum absolute atomic E-state index is 12.0. The molecule has 1 fully saturated rings. The van der Waals surface area contributed by atoms with E-state index in [9.17, 15) is 4.79 Å². The molecule has 27 heavy (non-hydrogen) atoms. The molecule has 1 heterocycles. The number of hydrogen-bond donors (Lipinski definition) is 2. The molecule has 4 nitrogen and oxygen atoms in total. The van der Waals surface area contributed by atoms with Crippen LogP contribution in [0.5, 0.6) is 5.75 Å². The first-order chi connectivity index (χ1) is 13.0. The number of unbranched alkanes of at least 4 members (excludes halogenated alkanes) is 4. The fourth-order valence-corrected chi connectivity index (χ4v) is 3.37. The average molecular weight is 367 g/mol. The molecule has 1 aliphatic heterocycles. The van der Waals surface area contributed by atoms with Crippen LogP contribution in [-0.4, -0.2) is 12.5 Å². The van der Waals surface area contributed by atoms with Gasteiger partial charge in [0.2, 0.25) is 5.91 Å². The van der Waals surface area contributed by atoms with E-state index < -0.39 is 5.41 Å². The van der Waals surface area contributed by atoms with E-state index in [0.29, 0.717) is 0 Å². The summed E-state index contributed by atoms with van der Waals surface area (Å²) in [5, 5.41) is 2.24. The van der Waals surface area contributed by atoms with Crippen LogP contribution in [0.2, 0.25) is 0 Å². The van der Waals surface area contributed by atoms with Crippen LogP contribution >= 0.6 is 0 Å². The van der Waals surface area contributed by atoms with Gasteiger partial charge in [0.1, 0.15) is 5.75 Å². The normalized spacial score (nSPS) is 17.1. The molecule has 1 amide bonds. The zero-order valence-electron chi connectivity index (χ0n) is 16.6. The van der Waals surface area contributed by atoms with Gasteiger partial charge in [-0.1, -0.05) is 62.9 Å². The van der Waals surface area contributed by atoms with Gasteiger partial charge in [-0.25, -0.2) is 0 Å². The van der Waals surface area contributed by atoms with Crippen LogP contribution in [0.25, 0.3) is 16.8 Å². The summed E-state index contributed by atoms with van der Waals surface area (Å²) in [6, 6.07) is 12.4. The van der Waals surface area contributed by atoms with Crippen LogP contribution in [0.3, 0.4) is 0 Å². The molecular weight excluding hydrogens is 336 g/mol. The zero-order chi connectivity index (χ0) is 19.3. The highest BCUT2D eigenvalue weighted by molar-refractivity contribution is 5.96. The summed E-state index contributed by atoms with van der Waals surface area (Å²) in [4.78, 5) is 12.0. The van der Waals surface area contributed by atoms with Crippen LogP contribution in [0.15, 0.2) is 42.1 Å². The SMILES string of the molecule is CCCCCCCOc1ccc(/C=C2\NNC(=O)C2(C)C)c2ccccc12. The fourth-order valence-electron chi connectivity index (χ4n) is 3.37. The molecule has 0 saturated carbocycles.